The van der Waals surface area contributed by atoms with Crippen molar-refractivity contribution < 1.29 is 8.42 Å². The minimum atomic E-state index is -3.73. The van der Waals surface area contributed by atoms with Crippen LogP contribution in [-0.2, 0) is 10.0 Å². The van der Waals surface area contributed by atoms with E-state index in [0.717, 1.165) is 37.0 Å². The number of thioether (sulfide) groups is 1. The Kier molecular flexibility index (Phi) is 5.17. The molecule has 0 amide bonds. The number of aromatic nitrogens is 3. The van der Waals surface area contributed by atoms with Crippen molar-refractivity contribution in [2.24, 2.45) is 0 Å². The van der Waals surface area contributed by atoms with Crippen molar-refractivity contribution in [1.82, 2.24) is 19.5 Å². The Balaban J connectivity index is 1.76. The highest BCUT2D eigenvalue weighted by Crippen LogP contribution is 2.25. The van der Waals surface area contributed by atoms with E-state index in [1.54, 1.807) is 40.9 Å². The molecule has 0 radical (unpaired) electrons. The van der Waals surface area contributed by atoms with Gasteiger partial charge in [-0.05, 0) is 25.4 Å². The van der Waals surface area contributed by atoms with Crippen LogP contribution < -0.4 is 9.62 Å². The number of piperazine rings is 1. The number of benzene rings is 1. The molecule has 1 saturated heterocycles. The van der Waals surface area contributed by atoms with Crippen LogP contribution in [0.4, 0.5) is 11.6 Å². The molecule has 0 bridgehead atoms. The summed E-state index contributed by atoms with van der Waals surface area (Å²) in [5.41, 5.74) is 0.617. The Morgan fingerprint density at radius 2 is 1.79 bits per heavy atom. The largest absolute Gasteiger partial charge is 0.354 e. The average Bonchev–Trinajstić information content (AvgIpc) is 3.13. The summed E-state index contributed by atoms with van der Waals surface area (Å²) in [6, 6.07) is 11.9. The number of hydrogen-bond acceptors (Lipinski definition) is 7. The summed E-state index contributed by atoms with van der Waals surface area (Å²) in [5, 5.41) is 5.25. The first kappa shape index (κ1) is 19.0. The zero-order valence-electron chi connectivity index (χ0n) is 15.7. The van der Waals surface area contributed by atoms with Crippen LogP contribution in [0.3, 0.4) is 0 Å². The highest BCUT2D eigenvalue weighted by Gasteiger charge is 2.21. The minimum Gasteiger partial charge on any atom is -0.354 e. The fourth-order valence-corrected chi connectivity index (χ4v) is 4.55. The Morgan fingerprint density at radius 3 is 2.46 bits per heavy atom. The van der Waals surface area contributed by atoms with Crippen molar-refractivity contribution in [3.05, 3.63) is 42.5 Å². The fourth-order valence-electron chi connectivity index (χ4n) is 3.11. The molecule has 1 aromatic carbocycles. The Labute approximate surface area is 168 Å². The SMILES string of the molecule is CSc1cc2nc(N3CCN(C)CC3)cc(NS(=O)(=O)c3ccccc3)n2n1. The van der Waals surface area contributed by atoms with Crippen molar-refractivity contribution in [3.63, 3.8) is 0 Å². The van der Waals surface area contributed by atoms with E-state index in [0.29, 0.717) is 11.5 Å². The standard InChI is InChI=1S/C18H22N6O2S2/c1-22-8-10-23(11-9-22)15-12-17(24-16(19-15)13-18(20-24)27-2)21-28(25,26)14-6-4-3-5-7-14/h3-7,12-13,21H,8-11H2,1-2H3. The number of fused-ring (bicyclic) bond motifs is 1. The molecule has 3 aromatic rings. The second kappa shape index (κ2) is 7.61. The van der Waals surface area contributed by atoms with E-state index in [4.69, 9.17) is 4.98 Å². The lowest BCUT2D eigenvalue weighted by atomic mass is 10.3. The Morgan fingerprint density at radius 1 is 1.07 bits per heavy atom. The van der Waals surface area contributed by atoms with Gasteiger partial charge in [-0.2, -0.15) is 9.61 Å². The zero-order chi connectivity index (χ0) is 19.7. The van der Waals surface area contributed by atoms with Crippen LogP contribution in [0.25, 0.3) is 5.65 Å². The molecule has 0 unspecified atom stereocenters. The fraction of sp³-hybridized carbons (Fsp3) is 0.333. The number of nitrogens with zero attached hydrogens (tertiary/aromatic N) is 5. The zero-order valence-corrected chi connectivity index (χ0v) is 17.4. The van der Waals surface area contributed by atoms with Crippen LogP contribution in [0.2, 0.25) is 0 Å². The molecule has 28 heavy (non-hydrogen) atoms. The Hall–Kier alpha value is -2.30. The molecule has 0 aliphatic carbocycles. The molecule has 148 valence electrons. The molecule has 0 saturated carbocycles. The van der Waals surface area contributed by atoms with Crippen molar-refractivity contribution in [3.8, 4) is 0 Å². The number of likely N-dealkylation sites (N-methyl/N-ethyl adjacent to an activating group) is 1. The summed E-state index contributed by atoms with van der Waals surface area (Å²) < 4.78 is 29.9. The van der Waals surface area contributed by atoms with E-state index in [-0.39, 0.29) is 4.90 Å². The van der Waals surface area contributed by atoms with E-state index in [1.807, 2.05) is 12.3 Å². The van der Waals surface area contributed by atoms with E-state index in [9.17, 15) is 8.42 Å². The first-order chi connectivity index (χ1) is 13.5. The molecule has 1 N–H and O–H groups in total. The molecule has 1 aliphatic rings. The number of hydrogen-bond donors (Lipinski definition) is 1. The molecule has 3 heterocycles. The number of rotatable bonds is 5. The molecule has 1 fully saturated rings. The van der Waals surface area contributed by atoms with E-state index < -0.39 is 10.0 Å². The predicted octanol–water partition coefficient (Wildman–Crippen LogP) is 2.00. The van der Waals surface area contributed by atoms with Crippen LogP contribution in [0.1, 0.15) is 0 Å². The van der Waals surface area contributed by atoms with Gasteiger partial charge in [0.1, 0.15) is 16.7 Å². The minimum absolute atomic E-state index is 0.207. The maximum atomic E-state index is 12.9. The molecule has 2 aromatic heterocycles. The van der Waals surface area contributed by atoms with Crippen molar-refractivity contribution in [1.29, 1.82) is 0 Å². The van der Waals surface area contributed by atoms with Crippen LogP contribution in [0.5, 0.6) is 0 Å². The molecular formula is C18H22N6O2S2. The molecule has 1 aliphatic heterocycles. The third-order valence-electron chi connectivity index (χ3n) is 4.72. The topological polar surface area (TPSA) is 82.8 Å². The van der Waals surface area contributed by atoms with E-state index >= 15 is 0 Å². The summed E-state index contributed by atoms with van der Waals surface area (Å²) in [5.74, 6) is 1.13. The van der Waals surface area contributed by atoms with Gasteiger partial charge in [-0.15, -0.1) is 11.8 Å². The summed E-state index contributed by atoms with van der Waals surface area (Å²) >= 11 is 1.49. The van der Waals surface area contributed by atoms with Gasteiger partial charge in [0.05, 0.1) is 4.90 Å². The van der Waals surface area contributed by atoms with Gasteiger partial charge in [0.25, 0.3) is 10.0 Å². The number of anilines is 2. The van der Waals surface area contributed by atoms with Crippen LogP contribution in [0, 0.1) is 0 Å². The highest BCUT2D eigenvalue weighted by atomic mass is 32.2. The quantitative estimate of drug-likeness (QED) is 0.635. The number of sulfonamides is 1. The highest BCUT2D eigenvalue weighted by molar-refractivity contribution is 7.98. The van der Waals surface area contributed by atoms with Gasteiger partial charge in [0.2, 0.25) is 0 Å². The lowest BCUT2D eigenvalue weighted by molar-refractivity contribution is 0.312. The third-order valence-corrected chi connectivity index (χ3v) is 6.71. The van der Waals surface area contributed by atoms with Gasteiger partial charge in [-0.3, -0.25) is 4.72 Å². The van der Waals surface area contributed by atoms with Crippen molar-refractivity contribution in [2.45, 2.75) is 9.92 Å². The van der Waals surface area contributed by atoms with Crippen LogP contribution >= 0.6 is 11.8 Å². The molecule has 4 rings (SSSR count). The predicted molar refractivity (Wildman–Crippen MR) is 112 cm³/mol. The normalized spacial score (nSPS) is 15.9. The lowest BCUT2D eigenvalue weighted by Gasteiger charge is -2.33. The maximum Gasteiger partial charge on any atom is 0.263 e. The third kappa shape index (κ3) is 3.80. The van der Waals surface area contributed by atoms with Gasteiger partial charge < -0.3 is 9.80 Å². The van der Waals surface area contributed by atoms with E-state index in [2.05, 4.69) is 26.7 Å². The monoisotopic (exact) mass is 418 g/mol. The summed E-state index contributed by atoms with van der Waals surface area (Å²) in [7, 11) is -1.64. The van der Waals surface area contributed by atoms with Gasteiger partial charge in [0.15, 0.2) is 5.65 Å². The second-order valence-electron chi connectivity index (χ2n) is 6.67. The molecule has 10 heteroatoms. The number of nitrogens with one attached hydrogen (secondary N) is 1. The Bertz CT molecular complexity index is 1080. The molecular weight excluding hydrogens is 396 g/mol. The lowest BCUT2D eigenvalue weighted by Crippen LogP contribution is -2.44. The first-order valence-electron chi connectivity index (χ1n) is 8.92. The second-order valence-corrected chi connectivity index (χ2v) is 9.17. The van der Waals surface area contributed by atoms with Crippen LogP contribution in [0.15, 0.2) is 52.4 Å². The van der Waals surface area contributed by atoms with Gasteiger partial charge >= 0.3 is 0 Å². The summed E-state index contributed by atoms with van der Waals surface area (Å²) in [4.78, 5) is 9.36. The van der Waals surface area contributed by atoms with E-state index in [1.165, 1.54) is 11.8 Å². The average molecular weight is 419 g/mol. The first-order valence-corrected chi connectivity index (χ1v) is 11.6. The molecule has 0 atom stereocenters. The van der Waals surface area contributed by atoms with Crippen molar-refractivity contribution >= 4 is 39.1 Å². The molecule has 8 nitrogen and oxygen atoms in total. The smallest absolute Gasteiger partial charge is 0.263 e. The van der Waals surface area contributed by atoms with Crippen LogP contribution in [-0.4, -0.2) is 67.4 Å². The van der Waals surface area contributed by atoms with Crippen molar-refractivity contribution in [2.75, 3.05) is 49.1 Å². The molecule has 0 spiro atoms. The summed E-state index contributed by atoms with van der Waals surface area (Å²) in [6.07, 6.45) is 1.93. The maximum absolute atomic E-state index is 12.9. The van der Waals surface area contributed by atoms with Gasteiger partial charge in [-0.25, -0.2) is 13.4 Å². The summed E-state index contributed by atoms with van der Waals surface area (Å²) in [6.45, 7) is 3.56. The van der Waals surface area contributed by atoms with Gasteiger partial charge in [0, 0.05) is 38.3 Å². The van der Waals surface area contributed by atoms with Gasteiger partial charge in [-0.1, -0.05) is 18.2 Å².